The number of aromatic nitrogens is 3. The Labute approximate surface area is 212 Å². The normalized spacial score (nSPS) is 15.2. The fourth-order valence-electron chi connectivity index (χ4n) is 4.84. The van der Waals surface area contributed by atoms with E-state index < -0.39 is 23.8 Å². The van der Waals surface area contributed by atoms with Crippen molar-refractivity contribution in [1.82, 2.24) is 25.2 Å². The molecular formula is C27H25N5O5. The molecular weight excluding hydrogens is 474 g/mol. The summed E-state index contributed by atoms with van der Waals surface area (Å²) < 4.78 is 1.36. The molecule has 2 heterocycles. The Morgan fingerprint density at radius 3 is 2.62 bits per heavy atom. The van der Waals surface area contributed by atoms with Crippen molar-refractivity contribution in [3.63, 3.8) is 0 Å². The van der Waals surface area contributed by atoms with Crippen LogP contribution in [0.5, 0.6) is 0 Å². The molecule has 10 nitrogen and oxygen atoms in total. The first-order valence-electron chi connectivity index (χ1n) is 11.9. The van der Waals surface area contributed by atoms with E-state index in [1.807, 2.05) is 18.2 Å². The van der Waals surface area contributed by atoms with Crippen LogP contribution in [-0.2, 0) is 6.42 Å². The summed E-state index contributed by atoms with van der Waals surface area (Å²) in [4.78, 5) is 42.3. The van der Waals surface area contributed by atoms with Crippen LogP contribution in [0.25, 0.3) is 5.65 Å². The first-order chi connectivity index (χ1) is 17.9. The van der Waals surface area contributed by atoms with E-state index in [0.717, 1.165) is 16.7 Å². The van der Waals surface area contributed by atoms with Crippen LogP contribution >= 0.6 is 0 Å². The zero-order chi connectivity index (χ0) is 26.1. The zero-order valence-corrected chi connectivity index (χ0v) is 20.0. The summed E-state index contributed by atoms with van der Waals surface area (Å²) in [6, 6.07) is 14.4. The predicted molar refractivity (Wildman–Crippen MR) is 133 cm³/mol. The van der Waals surface area contributed by atoms with Gasteiger partial charge in [-0.25, -0.2) is 14.3 Å². The number of hydrogen-bond donors (Lipinski definition) is 4. The second-order valence-corrected chi connectivity index (χ2v) is 8.92. The summed E-state index contributed by atoms with van der Waals surface area (Å²) in [6.45, 7) is 1.48. The summed E-state index contributed by atoms with van der Waals surface area (Å²) >= 11 is 0. The number of carboxylic acid groups (broad SMARTS) is 1. The highest BCUT2D eigenvalue weighted by molar-refractivity contribution is 5.98. The molecule has 5 rings (SSSR count). The molecule has 2 aromatic heterocycles. The van der Waals surface area contributed by atoms with Gasteiger partial charge >= 0.3 is 5.97 Å². The Morgan fingerprint density at radius 1 is 1.11 bits per heavy atom. The highest BCUT2D eigenvalue weighted by Gasteiger charge is 2.29. The van der Waals surface area contributed by atoms with Crippen LogP contribution in [0.15, 0.2) is 60.8 Å². The monoisotopic (exact) mass is 499 g/mol. The molecule has 1 aliphatic rings. The number of hydrogen-bond acceptors (Lipinski definition) is 6. The highest BCUT2D eigenvalue weighted by Crippen LogP contribution is 2.35. The molecule has 2 amide bonds. The maximum Gasteiger partial charge on any atom is 0.335 e. The van der Waals surface area contributed by atoms with Crippen LogP contribution in [0, 0.1) is 6.92 Å². The first-order valence-corrected chi connectivity index (χ1v) is 11.9. The number of aliphatic hydroxyl groups excluding tert-OH is 1. The molecule has 0 unspecified atom stereocenters. The van der Waals surface area contributed by atoms with Gasteiger partial charge in [-0.3, -0.25) is 9.59 Å². The minimum atomic E-state index is -0.979. The lowest BCUT2D eigenvalue weighted by molar-refractivity contribution is 0.0695. The van der Waals surface area contributed by atoms with E-state index in [-0.39, 0.29) is 29.6 Å². The molecule has 37 heavy (non-hydrogen) atoms. The van der Waals surface area contributed by atoms with Gasteiger partial charge in [-0.15, -0.1) is 0 Å². The summed E-state index contributed by atoms with van der Waals surface area (Å²) in [6.07, 6.45) is 2.76. The van der Waals surface area contributed by atoms with Crippen LogP contribution in [0.3, 0.4) is 0 Å². The molecule has 0 bridgehead atoms. The Balaban J connectivity index is 1.41. The minimum Gasteiger partial charge on any atom is -0.478 e. The third-order valence-electron chi connectivity index (χ3n) is 6.74. The molecule has 0 saturated heterocycles. The van der Waals surface area contributed by atoms with Crippen molar-refractivity contribution in [2.75, 3.05) is 6.61 Å². The Bertz CT molecular complexity index is 1510. The van der Waals surface area contributed by atoms with Crippen LogP contribution in [0.2, 0.25) is 0 Å². The van der Waals surface area contributed by atoms with E-state index in [0.29, 0.717) is 24.1 Å². The van der Waals surface area contributed by atoms with Gasteiger partial charge in [0.15, 0.2) is 5.65 Å². The highest BCUT2D eigenvalue weighted by atomic mass is 16.4. The third kappa shape index (κ3) is 4.54. The first kappa shape index (κ1) is 24.1. The van der Waals surface area contributed by atoms with Gasteiger partial charge < -0.3 is 20.8 Å². The van der Waals surface area contributed by atoms with Crippen molar-refractivity contribution in [2.24, 2.45) is 0 Å². The summed E-state index contributed by atoms with van der Waals surface area (Å²) in [5, 5.41) is 29.2. The van der Waals surface area contributed by atoms with Gasteiger partial charge in [0.25, 0.3) is 11.8 Å². The summed E-state index contributed by atoms with van der Waals surface area (Å²) in [7, 11) is 0. The molecule has 0 fully saturated rings. The fourth-order valence-corrected chi connectivity index (χ4v) is 4.84. The van der Waals surface area contributed by atoms with Crippen molar-refractivity contribution in [1.29, 1.82) is 0 Å². The quantitative estimate of drug-likeness (QED) is 0.306. The predicted octanol–water partition coefficient (Wildman–Crippen LogP) is 2.62. The summed E-state index contributed by atoms with van der Waals surface area (Å²) in [5.74, 6) is -1.96. The number of carbonyl (C=O) groups excluding carboxylic acids is 2. The van der Waals surface area contributed by atoms with E-state index >= 15 is 0 Å². The van der Waals surface area contributed by atoms with Gasteiger partial charge in [0, 0.05) is 12.1 Å². The number of benzene rings is 2. The molecule has 2 atom stereocenters. The minimum absolute atomic E-state index is 0.0151. The van der Waals surface area contributed by atoms with Crippen molar-refractivity contribution >= 4 is 23.4 Å². The van der Waals surface area contributed by atoms with Crippen molar-refractivity contribution in [3.8, 4) is 0 Å². The second-order valence-electron chi connectivity index (χ2n) is 8.92. The Kier molecular flexibility index (Phi) is 6.41. The van der Waals surface area contributed by atoms with E-state index in [1.54, 1.807) is 37.3 Å². The average molecular weight is 500 g/mol. The van der Waals surface area contributed by atoms with Crippen molar-refractivity contribution < 1.29 is 24.6 Å². The van der Waals surface area contributed by atoms with Gasteiger partial charge in [0.05, 0.1) is 30.5 Å². The van der Waals surface area contributed by atoms with Gasteiger partial charge in [-0.2, -0.15) is 5.10 Å². The van der Waals surface area contributed by atoms with Gasteiger partial charge in [-0.1, -0.05) is 36.4 Å². The van der Waals surface area contributed by atoms with Crippen molar-refractivity contribution in [3.05, 3.63) is 100.0 Å². The van der Waals surface area contributed by atoms with Gasteiger partial charge in [0.1, 0.15) is 11.4 Å². The molecule has 0 spiro atoms. The molecule has 188 valence electrons. The number of amides is 2. The number of fused-ring (bicyclic) bond motifs is 2. The standard InChI is InChI=1S/C27H25N5O5/c1-15-17-9-10-20(19(17)8-7-18(15)27(36)37)30-26(35)23-13-21(29-24-11-12-28-32(23)24)25(34)31-22(14-33)16-5-3-2-4-6-16/h2-8,11-13,20,22,33H,9-10,14H2,1H3,(H,30,35)(H,31,34)(H,36,37)/t20-,22+/m0/s1. The zero-order valence-electron chi connectivity index (χ0n) is 20.0. The molecule has 2 aromatic carbocycles. The molecule has 4 aromatic rings. The number of rotatable bonds is 7. The Morgan fingerprint density at radius 2 is 1.89 bits per heavy atom. The maximum atomic E-state index is 13.4. The second kappa shape index (κ2) is 9.82. The SMILES string of the molecule is Cc1c(C(=O)O)ccc2c1CC[C@@H]2NC(=O)c1cc(C(=O)N[C@H](CO)c2ccccc2)nc2ccnn12. The van der Waals surface area contributed by atoms with Gasteiger partial charge in [-0.05, 0) is 48.1 Å². The average Bonchev–Trinajstić information content (AvgIpc) is 3.54. The third-order valence-corrected chi connectivity index (χ3v) is 6.74. The lowest BCUT2D eigenvalue weighted by Gasteiger charge is -2.18. The molecule has 0 saturated carbocycles. The van der Waals surface area contributed by atoms with E-state index in [1.165, 1.54) is 16.8 Å². The molecule has 4 N–H and O–H groups in total. The lowest BCUT2D eigenvalue weighted by Crippen LogP contribution is -2.33. The van der Waals surface area contributed by atoms with Crippen LogP contribution < -0.4 is 10.6 Å². The topological polar surface area (TPSA) is 146 Å². The van der Waals surface area contributed by atoms with Gasteiger partial charge in [0.2, 0.25) is 0 Å². The lowest BCUT2D eigenvalue weighted by atomic mass is 9.98. The number of carbonyl (C=O) groups is 3. The van der Waals surface area contributed by atoms with Crippen LogP contribution in [0.1, 0.15) is 72.1 Å². The number of nitrogens with zero attached hydrogens (tertiary/aromatic N) is 3. The van der Waals surface area contributed by atoms with E-state index in [2.05, 4.69) is 20.7 Å². The molecule has 0 aliphatic heterocycles. The van der Waals surface area contributed by atoms with Crippen molar-refractivity contribution in [2.45, 2.75) is 31.8 Å². The molecule has 10 heteroatoms. The van der Waals surface area contributed by atoms with Crippen LogP contribution in [-0.4, -0.2) is 49.2 Å². The van der Waals surface area contributed by atoms with E-state index in [4.69, 9.17) is 0 Å². The largest absolute Gasteiger partial charge is 0.478 e. The number of aliphatic hydroxyl groups is 1. The maximum absolute atomic E-state index is 13.4. The molecule has 0 radical (unpaired) electrons. The smallest absolute Gasteiger partial charge is 0.335 e. The Hall–Kier alpha value is -4.57. The van der Waals surface area contributed by atoms with E-state index in [9.17, 15) is 24.6 Å². The number of carboxylic acids is 1. The fraction of sp³-hybridized carbons (Fsp3) is 0.222. The van der Waals surface area contributed by atoms with Crippen LogP contribution in [0.4, 0.5) is 0 Å². The number of nitrogens with one attached hydrogen (secondary N) is 2. The number of aromatic carboxylic acids is 1. The molecule has 1 aliphatic carbocycles. The summed E-state index contributed by atoms with van der Waals surface area (Å²) in [5.41, 5.74) is 3.98.